The summed E-state index contributed by atoms with van der Waals surface area (Å²) in [6.07, 6.45) is 7.97. The number of hydrogen-bond donors (Lipinski definition) is 2. The van der Waals surface area contributed by atoms with Gasteiger partial charge < -0.3 is 10.4 Å². The number of aliphatic imine (C=N–C) groups is 1. The first-order valence-electron chi connectivity index (χ1n) is 11.0. The number of hydrogen-bond acceptors (Lipinski definition) is 4. The van der Waals surface area contributed by atoms with Gasteiger partial charge in [-0.1, -0.05) is 74.3 Å². The van der Waals surface area contributed by atoms with Crippen LogP contribution < -0.4 is 5.32 Å². The lowest BCUT2D eigenvalue weighted by molar-refractivity contribution is 0.0953. The fourth-order valence-electron chi connectivity index (χ4n) is 3.22. The van der Waals surface area contributed by atoms with E-state index in [1.54, 1.807) is 36.0 Å². The van der Waals surface area contributed by atoms with Gasteiger partial charge in [-0.05, 0) is 55.0 Å². The molecule has 4 rings (SSSR count). The lowest BCUT2D eigenvalue weighted by Gasteiger charge is -2.09. The molecule has 0 saturated carbocycles. The van der Waals surface area contributed by atoms with Crippen LogP contribution >= 0.6 is 11.8 Å². The summed E-state index contributed by atoms with van der Waals surface area (Å²) >= 11 is 1.65. The summed E-state index contributed by atoms with van der Waals surface area (Å²) in [6.45, 7) is 9.61. The zero-order valence-electron chi connectivity index (χ0n) is 19.2. The Morgan fingerprint density at radius 3 is 2.38 bits per heavy atom. The highest BCUT2D eigenvalue weighted by Crippen LogP contribution is 2.41. The van der Waals surface area contributed by atoms with Crippen LogP contribution in [0.1, 0.15) is 34.8 Å². The average Bonchev–Trinajstić information content (AvgIpc) is 3.03. The van der Waals surface area contributed by atoms with E-state index in [1.807, 2.05) is 61.5 Å². The van der Waals surface area contributed by atoms with Gasteiger partial charge in [-0.15, -0.1) is 0 Å². The van der Waals surface area contributed by atoms with E-state index in [-0.39, 0.29) is 11.7 Å². The molecule has 0 saturated heterocycles. The topological polar surface area (TPSA) is 61.7 Å². The van der Waals surface area contributed by atoms with Gasteiger partial charge in [0.1, 0.15) is 5.75 Å². The van der Waals surface area contributed by atoms with Crippen LogP contribution in [0.4, 0.5) is 5.69 Å². The van der Waals surface area contributed by atoms with Gasteiger partial charge >= 0.3 is 0 Å². The molecular weight excluding hydrogens is 440 g/mol. The number of nitrogens with one attached hydrogen (secondary N) is 1. The van der Waals surface area contributed by atoms with Crippen molar-refractivity contribution < 1.29 is 9.90 Å². The van der Waals surface area contributed by atoms with Crippen LogP contribution in [-0.2, 0) is 0 Å². The maximum Gasteiger partial charge on any atom is 0.251 e. The van der Waals surface area contributed by atoms with Gasteiger partial charge in [-0.25, -0.2) is 4.99 Å². The smallest absolute Gasteiger partial charge is 0.251 e. The second-order valence-corrected chi connectivity index (χ2v) is 8.48. The Balaban J connectivity index is 0.000000481. The van der Waals surface area contributed by atoms with E-state index < -0.39 is 0 Å². The zero-order chi connectivity index (χ0) is 24.3. The summed E-state index contributed by atoms with van der Waals surface area (Å²) in [5.41, 5.74) is 4.15. The molecule has 0 aliphatic carbocycles. The average molecular weight is 469 g/mol. The quantitative estimate of drug-likeness (QED) is 0.297. The molecule has 0 fully saturated rings. The Morgan fingerprint density at radius 2 is 1.71 bits per heavy atom. The number of benzene rings is 3. The summed E-state index contributed by atoms with van der Waals surface area (Å²) in [6, 6.07) is 20.8. The predicted octanol–water partition coefficient (Wildman–Crippen LogP) is 7.08. The lowest BCUT2D eigenvalue weighted by Crippen LogP contribution is -2.23. The highest BCUT2D eigenvalue weighted by Gasteiger charge is 2.19. The third-order valence-electron chi connectivity index (χ3n) is 4.88. The summed E-state index contributed by atoms with van der Waals surface area (Å²) in [5.74, 6) is 0.133. The van der Waals surface area contributed by atoms with E-state index in [4.69, 9.17) is 4.99 Å². The van der Waals surface area contributed by atoms with Gasteiger partial charge in [0, 0.05) is 33.0 Å². The molecule has 0 radical (unpaired) electrons. The Kier molecular flexibility index (Phi) is 9.06. The van der Waals surface area contributed by atoms with E-state index >= 15 is 0 Å². The molecular formula is C29H28N2O2S. The van der Waals surface area contributed by atoms with E-state index in [9.17, 15) is 9.90 Å². The largest absolute Gasteiger partial charge is 0.508 e. The number of rotatable bonds is 6. The van der Waals surface area contributed by atoms with Crippen molar-refractivity contribution in [2.24, 2.45) is 4.99 Å². The van der Waals surface area contributed by atoms with Gasteiger partial charge in [0.05, 0.1) is 11.4 Å². The Bertz CT molecular complexity index is 1220. The molecule has 1 amide bonds. The highest BCUT2D eigenvalue weighted by molar-refractivity contribution is 7.99. The Hall–Kier alpha value is -3.83. The van der Waals surface area contributed by atoms with Gasteiger partial charge in [0.25, 0.3) is 5.91 Å². The number of nitrogens with zero attached hydrogens (tertiary/aromatic N) is 1. The fourth-order valence-corrected chi connectivity index (χ4v) is 4.22. The van der Waals surface area contributed by atoms with Crippen molar-refractivity contribution >= 4 is 29.1 Å². The van der Waals surface area contributed by atoms with Crippen molar-refractivity contribution in [3.05, 3.63) is 121 Å². The normalized spacial score (nSPS) is 11.7. The predicted molar refractivity (Wildman–Crippen MR) is 143 cm³/mol. The highest BCUT2D eigenvalue weighted by atomic mass is 32.2. The molecule has 34 heavy (non-hydrogen) atoms. The molecule has 1 heterocycles. The first-order valence-corrected chi connectivity index (χ1v) is 11.9. The second-order valence-electron chi connectivity index (χ2n) is 7.40. The zero-order valence-corrected chi connectivity index (χ0v) is 20.0. The van der Waals surface area contributed by atoms with Crippen LogP contribution in [0.25, 0.3) is 0 Å². The molecule has 4 nitrogen and oxygen atoms in total. The Labute approximate surface area is 205 Å². The van der Waals surface area contributed by atoms with Gasteiger partial charge in [0.2, 0.25) is 0 Å². The molecule has 0 aromatic heterocycles. The number of phenolic OH excluding ortho intramolecular Hbond substituents is 1. The van der Waals surface area contributed by atoms with Crippen LogP contribution in [0.3, 0.4) is 0 Å². The standard InChI is InChI=1S/C23H20N2O2S.C6H8/c1-2-13-24-23(27)16-9-12-21-19(14-16)25-22(15-7-10-17(26)11-8-15)18-5-3-4-6-20(18)28-21;1-3-5-6-4-2/h3-12,14,26H,2,13H2,1H3,(H,24,27);3-6H,1-2H2/b;6-5-. The number of phenols is 1. The van der Waals surface area contributed by atoms with E-state index in [1.165, 1.54) is 0 Å². The van der Waals surface area contributed by atoms with E-state index in [2.05, 4.69) is 30.6 Å². The van der Waals surface area contributed by atoms with Crippen LogP contribution in [0.15, 0.2) is 119 Å². The molecule has 3 aromatic carbocycles. The van der Waals surface area contributed by atoms with Crippen molar-refractivity contribution in [1.82, 2.24) is 5.32 Å². The number of carbonyl (C=O) groups is 1. The maximum absolute atomic E-state index is 12.4. The molecule has 1 aliphatic rings. The number of allylic oxidation sites excluding steroid dienone is 4. The summed E-state index contributed by atoms with van der Waals surface area (Å²) in [5, 5.41) is 12.6. The summed E-state index contributed by atoms with van der Waals surface area (Å²) in [7, 11) is 0. The maximum atomic E-state index is 12.4. The van der Waals surface area contributed by atoms with Gasteiger partial charge in [-0.2, -0.15) is 0 Å². The minimum Gasteiger partial charge on any atom is -0.508 e. The van der Waals surface area contributed by atoms with Gasteiger partial charge in [0.15, 0.2) is 0 Å². The van der Waals surface area contributed by atoms with Crippen LogP contribution in [-0.4, -0.2) is 23.3 Å². The van der Waals surface area contributed by atoms with Crippen molar-refractivity contribution in [2.45, 2.75) is 23.1 Å². The molecule has 0 atom stereocenters. The first kappa shape index (κ1) is 24.8. The first-order chi connectivity index (χ1) is 16.6. The van der Waals surface area contributed by atoms with Crippen molar-refractivity contribution in [2.75, 3.05) is 6.54 Å². The number of amides is 1. The molecule has 172 valence electrons. The van der Waals surface area contributed by atoms with Gasteiger partial charge in [-0.3, -0.25) is 4.79 Å². The molecule has 2 N–H and O–H groups in total. The van der Waals surface area contributed by atoms with Crippen LogP contribution in [0, 0.1) is 0 Å². The molecule has 5 heteroatoms. The monoisotopic (exact) mass is 468 g/mol. The fraction of sp³-hybridized carbons (Fsp3) is 0.103. The van der Waals surface area contributed by atoms with Crippen molar-refractivity contribution in [3.8, 4) is 5.75 Å². The third-order valence-corrected chi connectivity index (χ3v) is 6.02. The van der Waals surface area contributed by atoms with Crippen LogP contribution in [0.2, 0.25) is 0 Å². The molecule has 0 unspecified atom stereocenters. The minimum absolute atomic E-state index is 0.0854. The molecule has 1 aliphatic heterocycles. The molecule has 0 bridgehead atoms. The Morgan fingerprint density at radius 1 is 1.00 bits per heavy atom. The number of aromatic hydroxyl groups is 1. The summed E-state index contributed by atoms with van der Waals surface area (Å²) in [4.78, 5) is 19.4. The van der Waals surface area contributed by atoms with Crippen LogP contribution in [0.5, 0.6) is 5.75 Å². The lowest BCUT2D eigenvalue weighted by atomic mass is 10.0. The third kappa shape index (κ3) is 6.36. The SMILES string of the molecule is C=C/C=C\C=C.CCCNC(=O)c1ccc2c(c1)N=C(c1ccc(O)cc1)c1ccccc1S2. The van der Waals surface area contributed by atoms with E-state index in [0.717, 1.165) is 38.7 Å². The van der Waals surface area contributed by atoms with E-state index in [0.29, 0.717) is 12.1 Å². The molecule has 0 spiro atoms. The number of fused-ring (bicyclic) bond motifs is 2. The minimum atomic E-state index is -0.0854. The summed E-state index contributed by atoms with van der Waals surface area (Å²) < 4.78 is 0. The van der Waals surface area contributed by atoms with Crippen molar-refractivity contribution in [3.63, 3.8) is 0 Å². The van der Waals surface area contributed by atoms with Crippen molar-refractivity contribution in [1.29, 1.82) is 0 Å². The number of carbonyl (C=O) groups excluding carboxylic acids is 1. The second kappa shape index (κ2) is 12.4. The molecule has 3 aromatic rings.